The minimum atomic E-state index is -0.315. The second-order valence-corrected chi connectivity index (χ2v) is 6.63. The van der Waals surface area contributed by atoms with Crippen LogP contribution < -0.4 is 5.32 Å². The molecule has 0 saturated carbocycles. The van der Waals surface area contributed by atoms with Gasteiger partial charge in [-0.15, -0.1) is 11.3 Å². The van der Waals surface area contributed by atoms with Crippen molar-refractivity contribution in [2.24, 2.45) is 0 Å². The summed E-state index contributed by atoms with van der Waals surface area (Å²) in [5.41, 5.74) is 2.24. The van der Waals surface area contributed by atoms with Crippen LogP contribution in [0.5, 0.6) is 0 Å². The van der Waals surface area contributed by atoms with E-state index in [-0.39, 0.29) is 12.0 Å². The molecule has 0 spiro atoms. The van der Waals surface area contributed by atoms with Gasteiger partial charge in [0, 0.05) is 35.2 Å². The average molecular weight is 373 g/mol. The Morgan fingerprint density at radius 3 is 2.64 bits per heavy atom. The molecule has 0 aliphatic heterocycles. The molecule has 1 heterocycles. The Morgan fingerprint density at radius 1 is 1.20 bits per heavy atom. The van der Waals surface area contributed by atoms with Crippen LogP contribution in [-0.4, -0.2) is 24.5 Å². The third-order valence-electron chi connectivity index (χ3n) is 3.74. The molecule has 1 amide bonds. The molecule has 0 bridgehead atoms. The molecule has 3 rings (SSSR count). The Kier molecular flexibility index (Phi) is 5.81. The highest BCUT2D eigenvalue weighted by molar-refractivity contribution is 7.13. The molecule has 0 saturated heterocycles. The van der Waals surface area contributed by atoms with Gasteiger partial charge in [-0.25, -0.2) is 4.98 Å². The number of carbonyl (C=O) groups excluding carboxylic acids is 1. The number of hydrogen-bond donors (Lipinski definition) is 1. The lowest BCUT2D eigenvalue weighted by Crippen LogP contribution is -2.29. The summed E-state index contributed by atoms with van der Waals surface area (Å²) in [5.74, 6) is -0.229. The monoisotopic (exact) mass is 372 g/mol. The third-order valence-corrected chi connectivity index (χ3v) is 4.98. The molecule has 6 heteroatoms. The standard InChI is InChI=1S/C19H17ClN2O2S/c1-24-17(14-9-5-6-10-15(14)20)11-21-18(23)16-12-25-19(22-16)13-7-3-2-4-8-13/h2-10,12,17H,11H2,1H3,(H,21,23). The number of nitrogens with zero attached hydrogens (tertiary/aromatic N) is 1. The van der Waals surface area contributed by atoms with Crippen LogP contribution in [-0.2, 0) is 4.74 Å². The molecule has 1 aromatic heterocycles. The van der Waals surface area contributed by atoms with Crippen molar-refractivity contribution in [1.82, 2.24) is 10.3 Å². The van der Waals surface area contributed by atoms with Crippen molar-refractivity contribution in [1.29, 1.82) is 0 Å². The zero-order valence-corrected chi connectivity index (χ0v) is 15.2. The van der Waals surface area contributed by atoms with Crippen molar-refractivity contribution < 1.29 is 9.53 Å². The lowest BCUT2D eigenvalue weighted by molar-refractivity contribution is 0.0825. The fourth-order valence-corrected chi connectivity index (χ4v) is 3.49. The van der Waals surface area contributed by atoms with Crippen LogP contribution in [0.3, 0.4) is 0 Å². The van der Waals surface area contributed by atoms with Gasteiger partial charge < -0.3 is 10.1 Å². The Bertz CT molecular complexity index is 851. The van der Waals surface area contributed by atoms with Crippen molar-refractivity contribution in [2.75, 3.05) is 13.7 Å². The number of halogens is 1. The van der Waals surface area contributed by atoms with Crippen LogP contribution in [0.2, 0.25) is 5.02 Å². The molecule has 0 fully saturated rings. The molecule has 25 heavy (non-hydrogen) atoms. The second-order valence-electron chi connectivity index (χ2n) is 5.36. The van der Waals surface area contributed by atoms with Gasteiger partial charge in [0.05, 0.1) is 0 Å². The first-order chi connectivity index (χ1) is 12.2. The number of amides is 1. The van der Waals surface area contributed by atoms with Gasteiger partial charge in [0.2, 0.25) is 0 Å². The number of thiazole rings is 1. The van der Waals surface area contributed by atoms with Gasteiger partial charge in [-0.2, -0.15) is 0 Å². The van der Waals surface area contributed by atoms with E-state index >= 15 is 0 Å². The fourth-order valence-electron chi connectivity index (χ4n) is 2.42. The first-order valence-corrected chi connectivity index (χ1v) is 9.01. The summed E-state index contributed by atoms with van der Waals surface area (Å²) in [5, 5.41) is 6.05. The molecule has 3 aromatic rings. The first-order valence-electron chi connectivity index (χ1n) is 7.75. The molecule has 128 valence electrons. The number of ether oxygens (including phenoxy) is 1. The fraction of sp³-hybridized carbons (Fsp3) is 0.158. The SMILES string of the molecule is COC(CNC(=O)c1csc(-c2ccccc2)n1)c1ccccc1Cl. The summed E-state index contributed by atoms with van der Waals surface area (Å²) < 4.78 is 5.46. The van der Waals surface area contributed by atoms with E-state index in [1.165, 1.54) is 11.3 Å². The van der Waals surface area contributed by atoms with Crippen LogP contribution in [0.15, 0.2) is 60.0 Å². The van der Waals surface area contributed by atoms with Gasteiger partial charge in [-0.3, -0.25) is 4.79 Å². The summed E-state index contributed by atoms with van der Waals surface area (Å²) >= 11 is 7.64. The number of benzene rings is 2. The number of rotatable bonds is 6. The van der Waals surface area contributed by atoms with Gasteiger partial charge in [-0.05, 0) is 6.07 Å². The maximum absolute atomic E-state index is 12.4. The molecule has 1 unspecified atom stereocenters. The molecule has 0 radical (unpaired) electrons. The second kappa shape index (κ2) is 8.25. The Morgan fingerprint density at radius 2 is 1.92 bits per heavy atom. The molecule has 0 aliphatic carbocycles. The van der Waals surface area contributed by atoms with E-state index < -0.39 is 0 Å². The maximum Gasteiger partial charge on any atom is 0.270 e. The van der Waals surface area contributed by atoms with Crippen LogP contribution in [0.25, 0.3) is 10.6 Å². The van der Waals surface area contributed by atoms with E-state index in [1.54, 1.807) is 18.6 Å². The van der Waals surface area contributed by atoms with E-state index in [9.17, 15) is 4.79 Å². The highest BCUT2D eigenvalue weighted by Crippen LogP contribution is 2.25. The van der Waals surface area contributed by atoms with Crippen molar-refractivity contribution >= 4 is 28.8 Å². The summed E-state index contributed by atoms with van der Waals surface area (Å²) in [7, 11) is 1.59. The van der Waals surface area contributed by atoms with Crippen molar-refractivity contribution in [2.45, 2.75) is 6.10 Å². The summed E-state index contributed by atoms with van der Waals surface area (Å²) in [6.45, 7) is 0.317. The number of methoxy groups -OCH3 is 1. The summed E-state index contributed by atoms with van der Waals surface area (Å²) in [6, 6.07) is 17.2. The van der Waals surface area contributed by atoms with Gasteiger partial charge >= 0.3 is 0 Å². The van der Waals surface area contributed by atoms with E-state index in [4.69, 9.17) is 16.3 Å². The van der Waals surface area contributed by atoms with Gasteiger partial charge in [0.15, 0.2) is 0 Å². The van der Waals surface area contributed by atoms with Crippen LogP contribution in [0.4, 0.5) is 0 Å². The van der Waals surface area contributed by atoms with Crippen molar-refractivity contribution in [3.63, 3.8) is 0 Å². The average Bonchev–Trinajstić information content (AvgIpc) is 3.14. The van der Waals surface area contributed by atoms with E-state index in [2.05, 4.69) is 10.3 Å². The summed E-state index contributed by atoms with van der Waals surface area (Å²) in [4.78, 5) is 16.8. The zero-order chi connectivity index (χ0) is 17.6. The predicted octanol–water partition coefficient (Wildman–Crippen LogP) is 4.58. The minimum Gasteiger partial charge on any atom is -0.375 e. The number of nitrogens with one attached hydrogen (secondary N) is 1. The van der Waals surface area contributed by atoms with Crippen LogP contribution in [0, 0.1) is 0 Å². The largest absolute Gasteiger partial charge is 0.375 e. The normalized spacial score (nSPS) is 11.9. The molecule has 2 aromatic carbocycles. The van der Waals surface area contributed by atoms with E-state index in [0.717, 1.165) is 16.1 Å². The topological polar surface area (TPSA) is 51.2 Å². The van der Waals surface area contributed by atoms with Crippen molar-refractivity contribution in [3.05, 3.63) is 76.3 Å². The number of hydrogen-bond acceptors (Lipinski definition) is 4. The third kappa shape index (κ3) is 4.25. The molecular formula is C19H17ClN2O2S. The smallest absolute Gasteiger partial charge is 0.270 e. The van der Waals surface area contributed by atoms with Crippen molar-refractivity contribution in [3.8, 4) is 10.6 Å². The minimum absolute atomic E-state index is 0.229. The quantitative estimate of drug-likeness (QED) is 0.689. The molecular weight excluding hydrogens is 356 g/mol. The Balaban J connectivity index is 1.66. The highest BCUT2D eigenvalue weighted by Gasteiger charge is 2.17. The lowest BCUT2D eigenvalue weighted by Gasteiger charge is -2.17. The van der Waals surface area contributed by atoms with Crippen LogP contribution >= 0.6 is 22.9 Å². The number of carbonyl (C=O) groups is 1. The van der Waals surface area contributed by atoms with E-state index in [1.807, 2.05) is 48.5 Å². The Hall–Kier alpha value is -2.21. The van der Waals surface area contributed by atoms with E-state index in [0.29, 0.717) is 17.3 Å². The number of aromatic nitrogens is 1. The molecule has 4 nitrogen and oxygen atoms in total. The predicted molar refractivity (Wildman–Crippen MR) is 101 cm³/mol. The Labute approximate surface area is 155 Å². The summed E-state index contributed by atoms with van der Waals surface area (Å²) in [6.07, 6.45) is -0.315. The van der Waals surface area contributed by atoms with Gasteiger partial charge in [0.1, 0.15) is 16.8 Å². The van der Waals surface area contributed by atoms with Gasteiger partial charge in [-0.1, -0.05) is 60.1 Å². The zero-order valence-electron chi connectivity index (χ0n) is 13.6. The first kappa shape index (κ1) is 17.6. The molecule has 0 aliphatic rings. The molecule has 1 N–H and O–H groups in total. The lowest BCUT2D eigenvalue weighted by atomic mass is 10.1. The molecule has 1 atom stereocenters. The maximum atomic E-state index is 12.4. The highest BCUT2D eigenvalue weighted by atomic mass is 35.5. The van der Waals surface area contributed by atoms with Crippen LogP contribution in [0.1, 0.15) is 22.2 Å². The van der Waals surface area contributed by atoms with Gasteiger partial charge in [0.25, 0.3) is 5.91 Å².